The molecule has 0 aliphatic carbocycles. The zero-order valence-electron chi connectivity index (χ0n) is 14.6. The highest BCUT2D eigenvalue weighted by molar-refractivity contribution is 5.94. The first-order valence-corrected chi connectivity index (χ1v) is 8.46. The molecule has 1 aliphatic rings. The van der Waals surface area contributed by atoms with E-state index < -0.39 is 0 Å². The van der Waals surface area contributed by atoms with Crippen molar-refractivity contribution < 1.29 is 9.18 Å². The van der Waals surface area contributed by atoms with Gasteiger partial charge in [-0.15, -0.1) is 5.10 Å². The first-order valence-electron chi connectivity index (χ1n) is 8.46. The molecule has 4 rings (SSSR count). The lowest BCUT2D eigenvalue weighted by molar-refractivity contribution is 0.0489. The highest BCUT2D eigenvalue weighted by Gasteiger charge is 2.33. The first-order chi connectivity index (χ1) is 12.5. The van der Waals surface area contributed by atoms with E-state index in [9.17, 15) is 9.18 Å². The van der Waals surface area contributed by atoms with Crippen LogP contribution < -0.4 is 0 Å². The number of imidazole rings is 1. The lowest BCUT2D eigenvalue weighted by atomic mass is 9.94. The van der Waals surface area contributed by atoms with E-state index in [1.54, 1.807) is 35.3 Å². The van der Waals surface area contributed by atoms with Crippen LogP contribution in [0.3, 0.4) is 0 Å². The van der Waals surface area contributed by atoms with E-state index in [2.05, 4.69) is 15.3 Å². The number of aryl methyl sites for hydroxylation is 2. The Morgan fingerprint density at radius 3 is 2.77 bits per heavy atom. The number of para-hydroxylation sites is 1. The Labute approximate surface area is 150 Å². The molecule has 1 aliphatic heterocycles. The number of aromatic nitrogens is 5. The average molecular weight is 354 g/mol. The number of nitrogens with zero attached hydrogens (tertiary/aromatic N) is 6. The van der Waals surface area contributed by atoms with Crippen molar-refractivity contribution >= 4 is 5.91 Å². The van der Waals surface area contributed by atoms with E-state index in [4.69, 9.17) is 0 Å². The summed E-state index contributed by atoms with van der Waals surface area (Å²) in [5.41, 5.74) is 2.55. The molecule has 8 heteroatoms. The topological polar surface area (TPSA) is 68.8 Å². The van der Waals surface area contributed by atoms with E-state index in [0.717, 1.165) is 11.4 Å². The third kappa shape index (κ3) is 2.87. The second-order valence-corrected chi connectivity index (χ2v) is 6.68. The Hall–Kier alpha value is -3.03. The normalized spacial score (nSPS) is 14.5. The molecule has 0 spiro atoms. The van der Waals surface area contributed by atoms with Gasteiger partial charge in [-0.25, -0.2) is 14.1 Å². The van der Waals surface area contributed by atoms with Crippen molar-refractivity contribution in [3.8, 4) is 5.69 Å². The fourth-order valence-electron chi connectivity index (χ4n) is 3.31. The molecule has 0 unspecified atom stereocenters. The Kier molecular flexibility index (Phi) is 4.02. The smallest absolute Gasteiger partial charge is 0.272 e. The van der Waals surface area contributed by atoms with Gasteiger partial charge in [0.1, 0.15) is 17.2 Å². The summed E-state index contributed by atoms with van der Waals surface area (Å²) in [7, 11) is 1.82. The van der Waals surface area contributed by atoms with Crippen LogP contribution in [0, 0.1) is 18.7 Å². The van der Waals surface area contributed by atoms with Crippen LogP contribution in [-0.2, 0) is 13.5 Å². The molecule has 7 nitrogen and oxygen atoms in total. The van der Waals surface area contributed by atoms with Crippen LogP contribution in [0.1, 0.15) is 21.9 Å². The summed E-state index contributed by atoms with van der Waals surface area (Å²) in [6, 6.07) is 6.45. The number of rotatable bonds is 4. The van der Waals surface area contributed by atoms with Gasteiger partial charge in [0.15, 0.2) is 0 Å². The van der Waals surface area contributed by atoms with Crippen molar-refractivity contribution in [2.75, 3.05) is 13.1 Å². The van der Waals surface area contributed by atoms with Gasteiger partial charge < -0.3 is 9.47 Å². The number of carbonyl (C=O) groups excluding carboxylic acids is 1. The van der Waals surface area contributed by atoms with Gasteiger partial charge in [0, 0.05) is 20.1 Å². The summed E-state index contributed by atoms with van der Waals surface area (Å²) >= 11 is 0. The van der Waals surface area contributed by atoms with Gasteiger partial charge in [-0.05, 0) is 31.4 Å². The van der Waals surface area contributed by atoms with E-state index >= 15 is 0 Å². The van der Waals surface area contributed by atoms with Crippen LogP contribution in [0.5, 0.6) is 0 Å². The van der Waals surface area contributed by atoms with Gasteiger partial charge >= 0.3 is 0 Å². The van der Waals surface area contributed by atoms with Gasteiger partial charge in [0.05, 0.1) is 23.9 Å². The van der Waals surface area contributed by atoms with Crippen LogP contribution in [0.4, 0.5) is 4.39 Å². The summed E-state index contributed by atoms with van der Waals surface area (Å²) in [4.78, 5) is 18.5. The summed E-state index contributed by atoms with van der Waals surface area (Å²) in [6.45, 7) is 3.19. The Morgan fingerprint density at radius 1 is 1.31 bits per heavy atom. The molecule has 1 fully saturated rings. The van der Waals surface area contributed by atoms with Gasteiger partial charge in [-0.2, -0.15) is 0 Å². The number of hydrogen-bond acceptors (Lipinski definition) is 4. The van der Waals surface area contributed by atoms with Gasteiger partial charge in [0.2, 0.25) is 0 Å². The Morgan fingerprint density at radius 2 is 2.08 bits per heavy atom. The molecule has 0 atom stereocenters. The minimum Gasteiger partial charge on any atom is -0.337 e. The van der Waals surface area contributed by atoms with E-state index in [0.29, 0.717) is 36.8 Å². The lowest BCUT2D eigenvalue weighted by Crippen LogP contribution is -2.51. The van der Waals surface area contributed by atoms with Crippen molar-refractivity contribution in [2.24, 2.45) is 13.0 Å². The quantitative estimate of drug-likeness (QED) is 0.716. The highest BCUT2D eigenvalue weighted by atomic mass is 19.1. The molecule has 1 saturated heterocycles. The Bertz CT molecular complexity index is 937. The number of hydrogen-bond donors (Lipinski definition) is 0. The molecule has 1 amide bonds. The third-order valence-electron chi connectivity index (χ3n) is 4.70. The van der Waals surface area contributed by atoms with Crippen molar-refractivity contribution in [1.29, 1.82) is 0 Å². The monoisotopic (exact) mass is 354 g/mol. The summed E-state index contributed by atoms with van der Waals surface area (Å²) in [5, 5.41) is 8.14. The van der Waals surface area contributed by atoms with Crippen LogP contribution in [-0.4, -0.2) is 48.4 Å². The van der Waals surface area contributed by atoms with E-state index in [-0.39, 0.29) is 11.7 Å². The molecule has 3 heterocycles. The predicted octanol–water partition coefficient (Wildman–Crippen LogP) is 1.76. The number of halogens is 1. The highest BCUT2D eigenvalue weighted by Crippen LogP contribution is 2.23. The standard InChI is InChI=1S/C18H19FN6O/c1-12-17(23(2)11-20-12)18(26)24-8-13(9-24)7-14-10-25(22-21-14)16-6-4-3-5-15(16)19/h3-6,10-11,13H,7-9H2,1-2H3. The van der Waals surface area contributed by atoms with Gasteiger partial charge in [-0.3, -0.25) is 4.79 Å². The maximum absolute atomic E-state index is 13.8. The Balaban J connectivity index is 1.38. The fraction of sp³-hybridized carbons (Fsp3) is 0.333. The molecular formula is C18H19FN6O. The van der Waals surface area contributed by atoms with Crippen molar-refractivity contribution in [3.63, 3.8) is 0 Å². The largest absolute Gasteiger partial charge is 0.337 e. The minimum atomic E-state index is -0.337. The molecule has 1 aromatic carbocycles. The SMILES string of the molecule is Cc1ncn(C)c1C(=O)N1CC(Cc2cn(-c3ccccc3F)nn2)C1. The second kappa shape index (κ2) is 6.36. The number of carbonyl (C=O) groups is 1. The molecule has 2 aromatic heterocycles. The lowest BCUT2D eigenvalue weighted by Gasteiger charge is -2.39. The number of benzene rings is 1. The molecule has 0 bridgehead atoms. The molecule has 3 aromatic rings. The van der Waals surface area contributed by atoms with E-state index in [1.807, 2.05) is 18.9 Å². The summed E-state index contributed by atoms with van der Waals surface area (Å²) < 4.78 is 17.0. The summed E-state index contributed by atoms with van der Waals surface area (Å²) in [5.74, 6) is 0.00271. The molecule has 134 valence electrons. The molecule has 0 saturated carbocycles. The summed E-state index contributed by atoms with van der Waals surface area (Å²) in [6.07, 6.45) is 4.11. The number of amides is 1. The molecule has 0 N–H and O–H groups in total. The minimum absolute atomic E-state index is 0.00811. The van der Waals surface area contributed by atoms with Crippen molar-refractivity contribution in [2.45, 2.75) is 13.3 Å². The van der Waals surface area contributed by atoms with E-state index in [1.165, 1.54) is 10.7 Å². The maximum Gasteiger partial charge on any atom is 0.272 e. The fourth-order valence-corrected chi connectivity index (χ4v) is 3.31. The van der Waals surface area contributed by atoms with Crippen molar-refractivity contribution in [3.05, 3.63) is 59.7 Å². The molecule has 0 radical (unpaired) electrons. The van der Waals surface area contributed by atoms with Gasteiger partial charge in [0.25, 0.3) is 5.91 Å². The van der Waals surface area contributed by atoms with Crippen molar-refractivity contribution in [1.82, 2.24) is 29.4 Å². The predicted molar refractivity (Wildman–Crippen MR) is 92.4 cm³/mol. The number of likely N-dealkylation sites (tertiary alicyclic amines) is 1. The van der Waals surface area contributed by atoms with Crippen LogP contribution in [0.15, 0.2) is 36.8 Å². The maximum atomic E-state index is 13.8. The average Bonchev–Trinajstić information content (AvgIpc) is 3.17. The van der Waals surface area contributed by atoms with Gasteiger partial charge in [-0.1, -0.05) is 17.3 Å². The first kappa shape index (κ1) is 16.4. The molecular weight excluding hydrogens is 335 g/mol. The third-order valence-corrected chi connectivity index (χ3v) is 4.70. The second-order valence-electron chi connectivity index (χ2n) is 6.68. The zero-order chi connectivity index (χ0) is 18.3. The van der Waals surface area contributed by atoms with Crippen LogP contribution in [0.25, 0.3) is 5.69 Å². The zero-order valence-corrected chi connectivity index (χ0v) is 14.6. The van der Waals surface area contributed by atoms with Crippen LogP contribution in [0.2, 0.25) is 0 Å². The molecule has 26 heavy (non-hydrogen) atoms. The van der Waals surface area contributed by atoms with Crippen LogP contribution >= 0.6 is 0 Å².